The van der Waals surface area contributed by atoms with Crippen molar-refractivity contribution in [3.63, 3.8) is 0 Å². The van der Waals surface area contributed by atoms with Crippen molar-refractivity contribution >= 4 is 21.6 Å². The zero-order chi connectivity index (χ0) is 23.6. The number of piperidine rings is 1. The van der Waals surface area contributed by atoms with Crippen LogP contribution in [0.4, 0.5) is 5.69 Å². The second-order valence-corrected chi connectivity index (χ2v) is 9.91. The highest BCUT2D eigenvalue weighted by atomic mass is 32.2. The Bertz CT molecular complexity index is 1230. The third-order valence-corrected chi connectivity index (χ3v) is 7.63. The molecule has 0 bridgehead atoms. The normalized spacial score (nSPS) is 14.8. The van der Waals surface area contributed by atoms with Gasteiger partial charge < -0.3 is 14.2 Å². The summed E-state index contributed by atoms with van der Waals surface area (Å²) in [5, 5.41) is 3.84. The van der Waals surface area contributed by atoms with Crippen LogP contribution < -0.4 is 9.04 Å². The van der Waals surface area contributed by atoms with E-state index >= 15 is 0 Å². The van der Waals surface area contributed by atoms with Gasteiger partial charge in [-0.2, -0.15) is 4.98 Å². The fraction of sp³-hybridized carbons (Fsp3) is 0.348. The van der Waals surface area contributed by atoms with Gasteiger partial charge in [-0.15, -0.1) is 0 Å². The first kappa shape index (κ1) is 22.8. The van der Waals surface area contributed by atoms with Crippen molar-refractivity contribution < 1.29 is 22.5 Å². The Morgan fingerprint density at radius 1 is 1.15 bits per heavy atom. The minimum atomic E-state index is -3.85. The van der Waals surface area contributed by atoms with Crippen molar-refractivity contribution in [1.82, 2.24) is 15.0 Å². The highest BCUT2D eigenvalue weighted by molar-refractivity contribution is 7.92. The molecule has 1 fully saturated rings. The number of methoxy groups -OCH3 is 1. The molecule has 1 saturated heterocycles. The van der Waals surface area contributed by atoms with Gasteiger partial charge in [0.15, 0.2) is 5.82 Å². The van der Waals surface area contributed by atoms with Gasteiger partial charge in [-0.1, -0.05) is 11.2 Å². The number of sulfonamides is 1. The van der Waals surface area contributed by atoms with Crippen LogP contribution >= 0.6 is 0 Å². The number of rotatable bonds is 6. The molecule has 10 heteroatoms. The monoisotopic (exact) mass is 470 g/mol. The predicted octanol–water partition coefficient (Wildman–Crippen LogP) is 3.23. The van der Waals surface area contributed by atoms with Gasteiger partial charge in [0.25, 0.3) is 15.9 Å². The Balaban J connectivity index is 1.48. The smallest absolute Gasteiger partial charge is 0.264 e. The topological polar surface area (TPSA) is 106 Å². The Labute approximate surface area is 193 Å². The molecule has 0 spiro atoms. The molecule has 0 N–H and O–H groups in total. The molecule has 0 unspecified atom stereocenters. The standard InChI is InChI=1S/C23H26N4O5S/c1-16-24-22(32-25-16)17-11-13-27(14-12-17)23(28)18-5-4-6-21(15-18)33(29,30)26(2)19-7-9-20(31-3)10-8-19/h4-10,15,17H,11-14H2,1-3H3. The van der Waals surface area contributed by atoms with Crippen molar-refractivity contribution in [2.75, 3.05) is 31.6 Å². The fourth-order valence-electron chi connectivity index (χ4n) is 3.87. The Kier molecular flexibility index (Phi) is 6.37. The summed E-state index contributed by atoms with van der Waals surface area (Å²) in [4.78, 5) is 19.2. The van der Waals surface area contributed by atoms with Gasteiger partial charge in [-0.05, 0) is 62.2 Å². The predicted molar refractivity (Wildman–Crippen MR) is 122 cm³/mol. The Hall–Kier alpha value is -3.40. The molecule has 2 aromatic carbocycles. The average Bonchev–Trinajstić information content (AvgIpc) is 3.29. The maximum absolute atomic E-state index is 13.2. The molecule has 0 atom stereocenters. The number of aryl methyl sites for hydroxylation is 1. The van der Waals surface area contributed by atoms with Gasteiger partial charge in [0.1, 0.15) is 5.75 Å². The van der Waals surface area contributed by atoms with Crippen LogP contribution in [0.3, 0.4) is 0 Å². The number of carbonyl (C=O) groups is 1. The van der Waals surface area contributed by atoms with Crippen LogP contribution in [0.15, 0.2) is 57.9 Å². The molecular formula is C23H26N4O5S. The lowest BCUT2D eigenvalue weighted by Gasteiger charge is -2.30. The average molecular weight is 471 g/mol. The third kappa shape index (κ3) is 4.70. The van der Waals surface area contributed by atoms with Gasteiger partial charge in [0, 0.05) is 31.6 Å². The number of nitrogens with zero attached hydrogens (tertiary/aromatic N) is 4. The first-order valence-electron chi connectivity index (χ1n) is 10.6. The lowest BCUT2D eigenvalue weighted by Crippen LogP contribution is -2.38. The van der Waals surface area contributed by atoms with E-state index in [4.69, 9.17) is 9.26 Å². The van der Waals surface area contributed by atoms with Gasteiger partial charge in [0.2, 0.25) is 5.89 Å². The van der Waals surface area contributed by atoms with E-state index in [9.17, 15) is 13.2 Å². The zero-order valence-electron chi connectivity index (χ0n) is 18.8. The summed E-state index contributed by atoms with van der Waals surface area (Å²) in [5.74, 6) is 1.77. The minimum absolute atomic E-state index is 0.0582. The van der Waals surface area contributed by atoms with Crippen molar-refractivity contribution in [3.05, 3.63) is 65.8 Å². The van der Waals surface area contributed by atoms with Gasteiger partial charge >= 0.3 is 0 Å². The van der Waals surface area contributed by atoms with E-state index in [1.165, 1.54) is 23.5 Å². The number of amides is 1. The summed E-state index contributed by atoms with van der Waals surface area (Å²) in [6.45, 7) is 2.85. The van der Waals surface area contributed by atoms with Crippen LogP contribution in [0.2, 0.25) is 0 Å². The van der Waals surface area contributed by atoms with Crippen LogP contribution in [0, 0.1) is 6.92 Å². The molecule has 1 amide bonds. The summed E-state index contributed by atoms with van der Waals surface area (Å²) in [7, 11) is -0.817. The van der Waals surface area contributed by atoms with E-state index in [1.807, 2.05) is 0 Å². The number of benzene rings is 2. The third-order valence-electron chi connectivity index (χ3n) is 5.85. The summed E-state index contributed by atoms with van der Waals surface area (Å²) < 4.78 is 38.0. The molecule has 1 aliphatic heterocycles. The van der Waals surface area contributed by atoms with Crippen molar-refractivity contribution in [3.8, 4) is 5.75 Å². The number of hydrogen-bond acceptors (Lipinski definition) is 7. The van der Waals surface area contributed by atoms with E-state index in [0.717, 1.165) is 0 Å². The van der Waals surface area contributed by atoms with Gasteiger partial charge in [-0.3, -0.25) is 9.10 Å². The number of aromatic nitrogens is 2. The highest BCUT2D eigenvalue weighted by Crippen LogP contribution is 2.28. The molecule has 0 aliphatic carbocycles. The summed E-state index contributed by atoms with van der Waals surface area (Å²) in [5.41, 5.74) is 0.831. The number of carbonyl (C=O) groups excluding carboxylic acids is 1. The summed E-state index contributed by atoms with van der Waals surface area (Å²) in [6.07, 6.45) is 1.43. The second-order valence-electron chi connectivity index (χ2n) is 7.94. The molecule has 1 aromatic heterocycles. The van der Waals surface area contributed by atoms with Gasteiger partial charge in [-0.25, -0.2) is 8.42 Å². The van der Waals surface area contributed by atoms with Crippen LogP contribution in [-0.4, -0.2) is 56.6 Å². The Morgan fingerprint density at radius 3 is 2.45 bits per heavy atom. The molecule has 3 aromatic rings. The van der Waals surface area contributed by atoms with Crippen LogP contribution in [-0.2, 0) is 10.0 Å². The number of hydrogen-bond donors (Lipinski definition) is 0. The quantitative estimate of drug-likeness (QED) is 0.544. The van der Waals surface area contributed by atoms with E-state index < -0.39 is 10.0 Å². The maximum Gasteiger partial charge on any atom is 0.264 e. The largest absolute Gasteiger partial charge is 0.497 e. The molecule has 33 heavy (non-hydrogen) atoms. The first-order chi connectivity index (χ1) is 15.8. The van der Waals surface area contributed by atoms with Gasteiger partial charge in [0.05, 0.1) is 17.7 Å². The molecule has 0 saturated carbocycles. The van der Waals surface area contributed by atoms with Crippen molar-refractivity contribution in [1.29, 1.82) is 0 Å². The van der Waals surface area contributed by atoms with Crippen molar-refractivity contribution in [2.24, 2.45) is 0 Å². The molecule has 9 nitrogen and oxygen atoms in total. The van der Waals surface area contributed by atoms with Crippen molar-refractivity contribution in [2.45, 2.75) is 30.6 Å². The molecule has 4 rings (SSSR count). The summed E-state index contributed by atoms with van der Waals surface area (Å²) >= 11 is 0. The molecule has 174 valence electrons. The molecule has 2 heterocycles. The minimum Gasteiger partial charge on any atom is -0.497 e. The van der Waals surface area contributed by atoms with Crippen LogP contribution in [0.1, 0.15) is 40.8 Å². The zero-order valence-corrected chi connectivity index (χ0v) is 19.6. The molecule has 0 radical (unpaired) electrons. The van der Waals surface area contributed by atoms with E-state index in [2.05, 4.69) is 10.1 Å². The van der Waals surface area contributed by atoms with E-state index in [0.29, 0.717) is 54.6 Å². The maximum atomic E-state index is 13.2. The van der Waals surface area contributed by atoms with E-state index in [1.54, 1.807) is 55.3 Å². The SMILES string of the molecule is COc1ccc(N(C)S(=O)(=O)c2cccc(C(=O)N3CCC(c4nc(C)no4)CC3)c2)cc1. The Morgan fingerprint density at radius 2 is 1.85 bits per heavy atom. The lowest BCUT2D eigenvalue weighted by molar-refractivity contribution is 0.0704. The number of ether oxygens (including phenoxy) is 1. The van der Waals surface area contributed by atoms with E-state index in [-0.39, 0.29) is 16.7 Å². The number of anilines is 1. The second kappa shape index (κ2) is 9.22. The fourth-order valence-corrected chi connectivity index (χ4v) is 5.11. The lowest BCUT2D eigenvalue weighted by atomic mass is 9.96. The van der Waals surface area contributed by atoms with Crippen LogP contribution in [0.25, 0.3) is 0 Å². The highest BCUT2D eigenvalue weighted by Gasteiger charge is 2.29. The summed E-state index contributed by atoms with van der Waals surface area (Å²) in [6, 6.07) is 12.9. The molecule has 1 aliphatic rings. The molecular weight excluding hydrogens is 444 g/mol. The number of likely N-dealkylation sites (tertiary alicyclic amines) is 1. The van der Waals surface area contributed by atoms with Crippen LogP contribution in [0.5, 0.6) is 5.75 Å². The first-order valence-corrected chi connectivity index (χ1v) is 12.1.